The third-order valence-electron chi connectivity index (χ3n) is 5.07. The number of nitrogens with zero attached hydrogens (tertiary/aromatic N) is 2. The molecule has 2 fully saturated rings. The Morgan fingerprint density at radius 2 is 1.90 bits per heavy atom. The number of rotatable bonds is 8. The minimum atomic E-state index is 0.694. The number of unbranched alkanes of at least 4 members (excludes halogenated alkanes) is 1. The second kappa shape index (κ2) is 9.01. The number of likely N-dealkylation sites (tertiary alicyclic amines) is 2. The first-order valence-electron chi connectivity index (χ1n) is 8.99. The van der Waals surface area contributed by atoms with Gasteiger partial charge >= 0.3 is 0 Å². The molecule has 2 rings (SSSR count). The van der Waals surface area contributed by atoms with Crippen molar-refractivity contribution in [3.63, 3.8) is 0 Å². The van der Waals surface area contributed by atoms with E-state index in [0.29, 0.717) is 6.04 Å². The van der Waals surface area contributed by atoms with Crippen molar-refractivity contribution in [3.8, 4) is 0 Å². The minimum Gasteiger partial charge on any atom is -0.315 e. The van der Waals surface area contributed by atoms with E-state index in [1.54, 1.807) is 0 Å². The molecular weight excluding hydrogens is 246 g/mol. The first kappa shape index (κ1) is 16.3. The number of hydrogen-bond donors (Lipinski definition) is 1. The average molecular weight is 281 g/mol. The van der Waals surface area contributed by atoms with Gasteiger partial charge in [-0.05, 0) is 71.8 Å². The van der Waals surface area contributed by atoms with Crippen molar-refractivity contribution in [2.75, 3.05) is 39.3 Å². The molecule has 3 nitrogen and oxygen atoms in total. The highest BCUT2D eigenvalue weighted by Gasteiger charge is 2.27. The van der Waals surface area contributed by atoms with Crippen molar-refractivity contribution < 1.29 is 0 Å². The van der Waals surface area contributed by atoms with Crippen LogP contribution in [0.1, 0.15) is 58.8 Å². The van der Waals surface area contributed by atoms with Crippen molar-refractivity contribution in [1.29, 1.82) is 0 Å². The van der Waals surface area contributed by atoms with E-state index >= 15 is 0 Å². The van der Waals surface area contributed by atoms with Crippen LogP contribution in [0.2, 0.25) is 0 Å². The van der Waals surface area contributed by atoms with E-state index in [1.807, 2.05) is 0 Å². The smallest absolute Gasteiger partial charge is 0.0235 e. The Hall–Kier alpha value is -0.120. The van der Waals surface area contributed by atoms with Gasteiger partial charge in [0.2, 0.25) is 0 Å². The summed E-state index contributed by atoms with van der Waals surface area (Å²) in [7, 11) is 0. The van der Waals surface area contributed by atoms with Gasteiger partial charge in [-0.15, -0.1) is 0 Å². The van der Waals surface area contributed by atoms with Crippen LogP contribution < -0.4 is 5.32 Å². The molecule has 0 spiro atoms. The maximum absolute atomic E-state index is 3.50. The highest BCUT2D eigenvalue weighted by Crippen LogP contribution is 2.20. The monoisotopic (exact) mass is 281 g/mol. The molecule has 0 bridgehead atoms. The Morgan fingerprint density at radius 1 is 1.10 bits per heavy atom. The summed E-state index contributed by atoms with van der Waals surface area (Å²) in [4.78, 5) is 5.47. The van der Waals surface area contributed by atoms with Crippen molar-refractivity contribution in [1.82, 2.24) is 15.1 Å². The van der Waals surface area contributed by atoms with Gasteiger partial charge in [0.25, 0.3) is 0 Å². The Labute approximate surface area is 126 Å². The largest absolute Gasteiger partial charge is 0.315 e. The Morgan fingerprint density at radius 3 is 2.65 bits per heavy atom. The van der Waals surface area contributed by atoms with Crippen LogP contribution >= 0.6 is 0 Å². The number of piperidine rings is 1. The van der Waals surface area contributed by atoms with E-state index in [-0.39, 0.29) is 0 Å². The van der Waals surface area contributed by atoms with Crippen LogP contribution in [-0.2, 0) is 0 Å². The van der Waals surface area contributed by atoms with Gasteiger partial charge in [0, 0.05) is 18.6 Å². The topological polar surface area (TPSA) is 18.5 Å². The van der Waals surface area contributed by atoms with Crippen LogP contribution in [-0.4, -0.2) is 61.2 Å². The van der Waals surface area contributed by atoms with E-state index in [1.165, 1.54) is 77.7 Å². The van der Waals surface area contributed by atoms with E-state index in [9.17, 15) is 0 Å². The molecule has 2 atom stereocenters. The molecule has 118 valence electrons. The number of hydrogen-bond acceptors (Lipinski definition) is 3. The van der Waals surface area contributed by atoms with Gasteiger partial charge in [0.05, 0.1) is 0 Å². The zero-order valence-electron chi connectivity index (χ0n) is 13.7. The van der Waals surface area contributed by atoms with Gasteiger partial charge in [-0.3, -0.25) is 4.90 Å². The standard InChI is InChI=1S/C17H35N3/c1-3-18-16(2)9-5-8-11-19-14-10-17(15-19)20-12-6-4-7-13-20/h16-18H,3-15H2,1-2H3. The molecule has 2 saturated heterocycles. The molecule has 0 amide bonds. The van der Waals surface area contributed by atoms with Crippen LogP contribution in [0.15, 0.2) is 0 Å². The summed E-state index contributed by atoms with van der Waals surface area (Å²) in [6, 6.07) is 1.57. The lowest BCUT2D eigenvalue weighted by molar-refractivity contribution is 0.162. The van der Waals surface area contributed by atoms with E-state index in [0.717, 1.165) is 12.6 Å². The molecule has 0 aliphatic carbocycles. The second-order valence-electron chi connectivity index (χ2n) is 6.79. The van der Waals surface area contributed by atoms with Crippen LogP contribution in [0.4, 0.5) is 0 Å². The molecule has 0 aromatic rings. The fourth-order valence-corrected chi connectivity index (χ4v) is 3.83. The SMILES string of the molecule is CCNC(C)CCCCN1CCC(N2CCCCC2)C1. The van der Waals surface area contributed by atoms with Gasteiger partial charge in [0.15, 0.2) is 0 Å². The Bertz CT molecular complexity index is 251. The van der Waals surface area contributed by atoms with Crippen molar-refractivity contribution >= 4 is 0 Å². The Balaban J connectivity index is 1.54. The highest BCUT2D eigenvalue weighted by atomic mass is 15.3. The van der Waals surface area contributed by atoms with Crippen LogP contribution in [0.25, 0.3) is 0 Å². The molecule has 3 heteroatoms. The molecule has 0 saturated carbocycles. The maximum Gasteiger partial charge on any atom is 0.0235 e. The van der Waals surface area contributed by atoms with Gasteiger partial charge < -0.3 is 10.2 Å². The molecule has 20 heavy (non-hydrogen) atoms. The molecule has 0 aromatic carbocycles. The van der Waals surface area contributed by atoms with E-state index in [2.05, 4.69) is 29.0 Å². The summed E-state index contributed by atoms with van der Waals surface area (Å²) in [6.07, 6.45) is 9.81. The number of nitrogens with one attached hydrogen (secondary N) is 1. The molecule has 2 aliphatic heterocycles. The molecular formula is C17H35N3. The van der Waals surface area contributed by atoms with Crippen molar-refractivity contribution in [2.45, 2.75) is 70.9 Å². The second-order valence-corrected chi connectivity index (χ2v) is 6.79. The van der Waals surface area contributed by atoms with Crippen LogP contribution in [0, 0.1) is 0 Å². The van der Waals surface area contributed by atoms with Gasteiger partial charge in [-0.2, -0.15) is 0 Å². The molecule has 0 aromatic heterocycles. The summed E-state index contributed by atoms with van der Waals surface area (Å²) in [5.41, 5.74) is 0. The summed E-state index contributed by atoms with van der Waals surface area (Å²) < 4.78 is 0. The summed E-state index contributed by atoms with van der Waals surface area (Å²) in [6.45, 7) is 12.3. The molecule has 0 radical (unpaired) electrons. The summed E-state index contributed by atoms with van der Waals surface area (Å²) in [5, 5.41) is 3.50. The predicted molar refractivity (Wildman–Crippen MR) is 87.3 cm³/mol. The van der Waals surface area contributed by atoms with Crippen LogP contribution in [0.3, 0.4) is 0 Å². The van der Waals surface area contributed by atoms with Gasteiger partial charge in [-0.1, -0.05) is 19.8 Å². The third-order valence-corrected chi connectivity index (χ3v) is 5.07. The molecule has 2 aliphatic rings. The predicted octanol–water partition coefficient (Wildman–Crippen LogP) is 2.71. The fraction of sp³-hybridized carbons (Fsp3) is 1.00. The fourth-order valence-electron chi connectivity index (χ4n) is 3.83. The molecule has 2 unspecified atom stereocenters. The van der Waals surface area contributed by atoms with Gasteiger partial charge in [-0.25, -0.2) is 0 Å². The maximum atomic E-state index is 3.50. The third kappa shape index (κ3) is 5.34. The lowest BCUT2D eigenvalue weighted by Gasteiger charge is -2.32. The van der Waals surface area contributed by atoms with Crippen molar-refractivity contribution in [3.05, 3.63) is 0 Å². The quantitative estimate of drug-likeness (QED) is 0.690. The highest BCUT2D eigenvalue weighted by molar-refractivity contribution is 4.84. The van der Waals surface area contributed by atoms with Crippen LogP contribution in [0.5, 0.6) is 0 Å². The van der Waals surface area contributed by atoms with E-state index < -0.39 is 0 Å². The van der Waals surface area contributed by atoms with Gasteiger partial charge in [0.1, 0.15) is 0 Å². The van der Waals surface area contributed by atoms with E-state index in [4.69, 9.17) is 0 Å². The summed E-state index contributed by atoms with van der Waals surface area (Å²) >= 11 is 0. The van der Waals surface area contributed by atoms with Crippen molar-refractivity contribution in [2.24, 2.45) is 0 Å². The zero-order valence-corrected chi connectivity index (χ0v) is 13.7. The first-order chi connectivity index (χ1) is 9.79. The first-order valence-corrected chi connectivity index (χ1v) is 8.99. The Kier molecular flexibility index (Phi) is 7.32. The zero-order chi connectivity index (χ0) is 14.2. The normalized spacial score (nSPS) is 27.0. The average Bonchev–Trinajstić information content (AvgIpc) is 2.94. The lowest BCUT2D eigenvalue weighted by Crippen LogP contribution is -2.40. The summed E-state index contributed by atoms with van der Waals surface area (Å²) in [5.74, 6) is 0. The minimum absolute atomic E-state index is 0.694. The molecule has 1 N–H and O–H groups in total. The lowest BCUT2D eigenvalue weighted by atomic mass is 10.1. The molecule has 2 heterocycles.